The predicted octanol–water partition coefficient (Wildman–Crippen LogP) is 3.73. The first-order chi connectivity index (χ1) is 9.55. The summed E-state index contributed by atoms with van der Waals surface area (Å²) < 4.78 is 3.19. The molecule has 0 amide bonds. The summed E-state index contributed by atoms with van der Waals surface area (Å²) in [5.74, 6) is 5.71. The van der Waals surface area contributed by atoms with Crippen molar-refractivity contribution in [3.63, 3.8) is 0 Å². The standard InChI is InChI=1S/C14H21BrN4S/c1-4-10(3)19-6-5-11(18-19)8-12(17-16)13-7-9(2)14(15)20-13/h5-7,10,12,17H,4,8,16H2,1-3H3. The van der Waals surface area contributed by atoms with Gasteiger partial charge in [-0.15, -0.1) is 11.3 Å². The van der Waals surface area contributed by atoms with E-state index in [4.69, 9.17) is 5.84 Å². The lowest BCUT2D eigenvalue weighted by molar-refractivity contribution is 0.467. The minimum Gasteiger partial charge on any atom is -0.271 e. The number of halogens is 1. The average molecular weight is 357 g/mol. The molecular weight excluding hydrogens is 336 g/mol. The van der Waals surface area contributed by atoms with E-state index in [1.54, 1.807) is 11.3 Å². The Morgan fingerprint density at radius 2 is 2.30 bits per heavy atom. The number of nitrogens with one attached hydrogen (secondary N) is 1. The van der Waals surface area contributed by atoms with Crippen molar-refractivity contribution in [1.29, 1.82) is 0 Å². The van der Waals surface area contributed by atoms with Gasteiger partial charge in [0.1, 0.15) is 0 Å². The first-order valence-corrected chi connectivity index (χ1v) is 8.42. The number of nitrogens with zero attached hydrogens (tertiary/aromatic N) is 2. The van der Waals surface area contributed by atoms with E-state index in [0.717, 1.165) is 22.3 Å². The second-order valence-electron chi connectivity index (χ2n) is 5.07. The third-order valence-corrected chi connectivity index (χ3v) is 5.79. The monoisotopic (exact) mass is 356 g/mol. The summed E-state index contributed by atoms with van der Waals surface area (Å²) in [6.45, 7) is 6.44. The van der Waals surface area contributed by atoms with E-state index in [-0.39, 0.29) is 6.04 Å². The van der Waals surface area contributed by atoms with E-state index in [1.807, 2.05) is 10.9 Å². The number of aromatic nitrogens is 2. The van der Waals surface area contributed by atoms with Gasteiger partial charge in [-0.05, 0) is 53.9 Å². The summed E-state index contributed by atoms with van der Waals surface area (Å²) in [6, 6.07) is 4.79. The van der Waals surface area contributed by atoms with Crippen molar-refractivity contribution in [2.45, 2.75) is 45.7 Å². The zero-order valence-electron chi connectivity index (χ0n) is 12.1. The zero-order chi connectivity index (χ0) is 14.7. The zero-order valence-corrected chi connectivity index (χ0v) is 14.5. The van der Waals surface area contributed by atoms with Crippen molar-refractivity contribution in [3.8, 4) is 0 Å². The lowest BCUT2D eigenvalue weighted by atomic mass is 10.1. The number of aryl methyl sites for hydroxylation is 1. The Hall–Kier alpha value is -0.690. The van der Waals surface area contributed by atoms with Crippen molar-refractivity contribution < 1.29 is 0 Å². The topological polar surface area (TPSA) is 55.9 Å². The van der Waals surface area contributed by atoms with Gasteiger partial charge in [-0.2, -0.15) is 5.10 Å². The Morgan fingerprint density at radius 3 is 2.85 bits per heavy atom. The van der Waals surface area contributed by atoms with Crippen molar-refractivity contribution in [2.24, 2.45) is 5.84 Å². The Labute approximate surface area is 132 Å². The summed E-state index contributed by atoms with van der Waals surface area (Å²) in [6.07, 6.45) is 3.93. The fourth-order valence-electron chi connectivity index (χ4n) is 2.02. The van der Waals surface area contributed by atoms with E-state index in [0.29, 0.717) is 6.04 Å². The van der Waals surface area contributed by atoms with Crippen LogP contribution < -0.4 is 11.3 Å². The van der Waals surface area contributed by atoms with Gasteiger partial charge in [0, 0.05) is 23.5 Å². The third kappa shape index (κ3) is 3.49. The van der Waals surface area contributed by atoms with E-state index in [2.05, 4.69) is 59.4 Å². The first kappa shape index (κ1) is 15.7. The number of hydrogen-bond acceptors (Lipinski definition) is 4. The van der Waals surface area contributed by atoms with Gasteiger partial charge in [-0.25, -0.2) is 0 Å². The Kier molecular flexibility index (Phi) is 5.37. The largest absolute Gasteiger partial charge is 0.271 e. The van der Waals surface area contributed by atoms with E-state index in [1.165, 1.54) is 10.4 Å². The first-order valence-electron chi connectivity index (χ1n) is 6.81. The molecule has 0 radical (unpaired) electrons. The van der Waals surface area contributed by atoms with Crippen LogP contribution in [0.1, 0.15) is 48.5 Å². The molecule has 2 rings (SSSR count). The van der Waals surface area contributed by atoms with E-state index in [9.17, 15) is 0 Å². The van der Waals surface area contributed by atoms with Gasteiger partial charge in [0.2, 0.25) is 0 Å². The molecule has 0 aliphatic heterocycles. The van der Waals surface area contributed by atoms with Crippen LogP contribution in [0, 0.1) is 6.92 Å². The summed E-state index contributed by atoms with van der Waals surface area (Å²) in [5.41, 5.74) is 5.21. The number of thiophene rings is 1. The lowest BCUT2D eigenvalue weighted by Crippen LogP contribution is -2.29. The predicted molar refractivity (Wildman–Crippen MR) is 87.8 cm³/mol. The van der Waals surface area contributed by atoms with Gasteiger partial charge in [-0.1, -0.05) is 6.92 Å². The van der Waals surface area contributed by atoms with Crippen LogP contribution in [-0.2, 0) is 6.42 Å². The van der Waals surface area contributed by atoms with E-state index >= 15 is 0 Å². The van der Waals surface area contributed by atoms with Crippen LogP contribution in [-0.4, -0.2) is 9.78 Å². The fraction of sp³-hybridized carbons (Fsp3) is 0.500. The van der Waals surface area contributed by atoms with Crippen molar-refractivity contribution in [2.75, 3.05) is 0 Å². The number of hydrazine groups is 1. The smallest absolute Gasteiger partial charge is 0.0731 e. The quantitative estimate of drug-likeness (QED) is 0.612. The molecule has 0 bridgehead atoms. The molecule has 2 aromatic heterocycles. The van der Waals surface area contributed by atoms with Gasteiger partial charge < -0.3 is 0 Å². The molecule has 2 atom stereocenters. The highest BCUT2D eigenvalue weighted by molar-refractivity contribution is 9.11. The maximum absolute atomic E-state index is 5.71. The van der Waals surface area contributed by atoms with E-state index < -0.39 is 0 Å². The molecule has 4 nitrogen and oxygen atoms in total. The molecule has 0 fully saturated rings. The molecule has 110 valence electrons. The molecule has 0 aliphatic carbocycles. The van der Waals surface area contributed by atoms with Crippen LogP contribution in [0.2, 0.25) is 0 Å². The molecule has 2 aromatic rings. The average Bonchev–Trinajstić information content (AvgIpc) is 3.03. The van der Waals surface area contributed by atoms with Crippen molar-refractivity contribution in [3.05, 3.63) is 38.3 Å². The van der Waals surface area contributed by atoms with Gasteiger partial charge in [0.15, 0.2) is 0 Å². The summed E-state index contributed by atoms with van der Waals surface area (Å²) in [5, 5.41) is 4.64. The summed E-state index contributed by atoms with van der Waals surface area (Å²) in [4.78, 5) is 1.23. The molecule has 0 spiro atoms. The number of nitrogens with two attached hydrogens (primary N) is 1. The molecule has 0 aromatic carbocycles. The van der Waals surface area contributed by atoms with Crippen LogP contribution in [0.15, 0.2) is 22.1 Å². The third-order valence-electron chi connectivity index (χ3n) is 3.54. The maximum atomic E-state index is 5.71. The van der Waals surface area contributed by atoms with Gasteiger partial charge >= 0.3 is 0 Å². The van der Waals surface area contributed by atoms with Crippen LogP contribution in [0.5, 0.6) is 0 Å². The van der Waals surface area contributed by atoms with Gasteiger partial charge in [0.05, 0.1) is 15.5 Å². The molecule has 20 heavy (non-hydrogen) atoms. The number of rotatable bonds is 6. The second kappa shape index (κ2) is 6.85. The normalized spacial score (nSPS) is 14.4. The van der Waals surface area contributed by atoms with Crippen LogP contribution in [0.3, 0.4) is 0 Å². The van der Waals surface area contributed by atoms with Crippen LogP contribution in [0.4, 0.5) is 0 Å². The lowest BCUT2D eigenvalue weighted by Gasteiger charge is -2.13. The van der Waals surface area contributed by atoms with Crippen molar-refractivity contribution in [1.82, 2.24) is 15.2 Å². The van der Waals surface area contributed by atoms with Gasteiger partial charge in [0.25, 0.3) is 0 Å². The summed E-state index contributed by atoms with van der Waals surface area (Å²) >= 11 is 5.29. The highest BCUT2D eigenvalue weighted by Gasteiger charge is 2.16. The maximum Gasteiger partial charge on any atom is 0.0731 e. The highest BCUT2D eigenvalue weighted by atomic mass is 79.9. The molecule has 6 heteroatoms. The Bertz CT molecular complexity index is 544. The molecular formula is C14H21BrN4S. The minimum absolute atomic E-state index is 0.102. The molecule has 2 heterocycles. The Balaban J connectivity index is 2.12. The van der Waals surface area contributed by atoms with Crippen molar-refractivity contribution >= 4 is 27.3 Å². The van der Waals surface area contributed by atoms with Crippen LogP contribution in [0.25, 0.3) is 0 Å². The van der Waals surface area contributed by atoms with Crippen LogP contribution >= 0.6 is 27.3 Å². The second-order valence-corrected chi connectivity index (χ2v) is 7.47. The molecule has 0 saturated carbocycles. The molecule has 2 unspecified atom stereocenters. The summed E-state index contributed by atoms with van der Waals surface area (Å²) in [7, 11) is 0. The fourth-order valence-corrected chi connectivity index (χ4v) is 3.66. The molecule has 3 N–H and O–H groups in total. The van der Waals surface area contributed by atoms with Gasteiger partial charge in [-0.3, -0.25) is 16.0 Å². The minimum atomic E-state index is 0.102. The highest BCUT2D eigenvalue weighted by Crippen LogP contribution is 2.32. The number of hydrogen-bond donors (Lipinski definition) is 2. The molecule has 0 saturated heterocycles. The Morgan fingerprint density at radius 1 is 1.55 bits per heavy atom. The molecule has 0 aliphatic rings. The SMILES string of the molecule is CCC(C)n1ccc(CC(NN)c2cc(C)c(Br)s2)n1.